The summed E-state index contributed by atoms with van der Waals surface area (Å²) in [5.74, 6) is -1.55. The molecule has 0 saturated heterocycles. The molecule has 0 bridgehead atoms. The predicted molar refractivity (Wildman–Crippen MR) is 87.5 cm³/mol. The van der Waals surface area contributed by atoms with Gasteiger partial charge >= 0.3 is 0 Å². The van der Waals surface area contributed by atoms with Crippen molar-refractivity contribution in [1.82, 2.24) is 9.97 Å². The molecular formula is C15H10N3O3S2-. The number of amides is 1. The molecule has 1 N–H and O–H groups in total. The summed E-state index contributed by atoms with van der Waals surface area (Å²) >= 11 is 2.43. The summed E-state index contributed by atoms with van der Waals surface area (Å²) in [6, 6.07) is 10.5. The molecule has 1 aromatic carbocycles. The Morgan fingerprint density at radius 2 is 2.04 bits per heavy atom. The minimum Gasteiger partial charge on any atom is -0.545 e. The van der Waals surface area contributed by atoms with E-state index in [0.29, 0.717) is 5.13 Å². The van der Waals surface area contributed by atoms with Gasteiger partial charge in [-0.15, -0.1) is 0 Å². The van der Waals surface area contributed by atoms with E-state index in [1.165, 1.54) is 29.7 Å². The summed E-state index contributed by atoms with van der Waals surface area (Å²) in [5.41, 5.74) is 0.801. The fourth-order valence-electron chi connectivity index (χ4n) is 1.88. The second-order valence-electron chi connectivity index (χ2n) is 4.47. The third-order valence-corrected chi connectivity index (χ3v) is 4.83. The zero-order valence-corrected chi connectivity index (χ0v) is 13.3. The van der Waals surface area contributed by atoms with Gasteiger partial charge in [-0.3, -0.25) is 4.79 Å². The van der Waals surface area contributed by atoms with Gasteiger partial charge in [0.05, 0.1) is 21.9 Å². The second-order valence-corrected chi connectivity index (χ2v) is 6.46. The molecule has 0 aliphatic carbocycles. The monoisotopic (exact) mass is 344 g/mol. The summed E-state index contributed by atoms with van der Waals surface area (Å²) in [6.45, 7) is 0. The van der Waals surface area contributed by atoms with Gasteiger partial charge in [-0.25, -0.2) is 9.97 Å². The molecule has 0 aliphatic rings. The number of rotatable bonds is 5. The normalized spacial score (nSPS) is 10.6. The van der Waals surface area contributed by atoms with E-state index in [0.717, 1.165) is 22.0 Å². The van der Waals surface area contributed by atoms with Crippen LogP contribution in [0.3, 0.4) is 0 Å². The summed E-state index contributed by atoms with van der Waals surface area (Å²) < 4.78 is 0.986. The van der Waals surface area contributed by atoms with Crippen LogP contribution in [0.2, 0.25) is 0 Å². The maximum absolute atomic E-state index is 12.0. The molecule has 0 atom stereocenters. The topological polar surface area (TPSA) is 95.0 Å². The molecule has 3 rings (SSSR count). The van der Waals surface area contributed by atoms with E-state index in [1.54, 1.807) is 0 Å². The van der Waals surface area contributed by atoms with Gasteiger partial charge in [0.2, 0.25) is 5.91 Å². The molecule has 116 valence electrons. The summed E-state index contributed by atoms with van der Waals surface area (Å²) in [7, 11) is 0. The molecule has 3 aromatic rings. The highest BCUT2D eigenvalue weighted by molar-refractivity contribution is 8.00. The molecule has 6 nitrogen and oxygen atoms in total. The summed E-state index contributed by atoms with van der Waals surface area (Å²) in [4.78, 5) is 31.2. The van der Waals surface area contributed by atoms with Crippen LogP contribution in [0, 0.1) is 0 Å². The van der Waals surface area contributed by atoms with Gasteiger partial charge in [0.25, 0.3) is 0 Å². The van der Waals surface area contributed by atoms with Gasteiger partial charge in [0.15, 0.2) is 5.13 Å². The predicted octanol–water partition coefficient (Wildman–Crippen LogP) is 1.79. The lowest BCUT2D eigenvalue weighted by molar-refractivity contribution is -0.255. The minimum atomic E-state index is -1.31. The van der Waals surface area contributed by atoms with Crippen LogP contribution in [0.15, 0.2) is 47.6 Å². The van der Waals surface area contributed by atoms with Crippen molar-refractivity contribution in [2.24, 2.45) is 0 Å². The smallest absolute Gasteiger partial charge is 0.236 e. The Balaban J connectivity index is 1.65. The first-order chi connectivity index (χ1) is 11.1. The van der Waals surface area contributed by atoms with Crippen molar-refractivity contribution in [3.05, 3.63) is 48.2 Å². The van der Waals surface area contributed by atoms with Crippen molar-refractivity contribution in [2.45, 2.75) is 5.03 Å². The number of aromatic nitrogens is 2. The highest BCUT2D eigenvalue weighted by atomic mass is 32.2. The first kappa shape index (κ1) is 15.4. The van der Waals surface area contributed by atoms with Gasteiger partial charge in [0.1, 0.15) is 5.03 Å². The number of aromatic carboxylic acids is 1. The zero-order chi connectivity index (χ0) is 16.2. The van der Waals surface area contributed by atoms with Crippen LogP contribution >= 0.6 is 23.1 Å². The molecule has 1 amide bonds. The number of pyridine rings is 1. The van der Waals surface area contributed by atoms with E-state index in [1.807, 2.05) is 24.3 Å². The molecule has 0 aliphatic heterocycles. The van der Waals surface area contributed by atoms with E-state index in [4.69, 9.17) is 0 Å². The van der Waals surface area contributed by atoms with Gasteiger partial charge in [0, 0.05) is 11.8 Å². The van der Waals surface area contributed by atoms with Crippen LogP contribution in [-0.4, -0.2) is 27.6 Å². The number of nitrogens with one attached hydrogen (secondary N) is 1. The number of carboxylic acids is 1. The SMILES string of the molecule is O=C(CSc1ncccc1C(=O)[O-])Nc1nc2ccccc2s1. The van der Waals surface area contributed by atoms with Crippen LogP contribution in [0.5, 0.6) is 0 Å². The standard InChI is InChI=1S/C15H11N3O3S2/c19-12(8-22-13-9(14(20)21)4-3-7-16-13)18-15-17-10-5-1-2-6-11(10)23-15/h1-7H,8H2,(H,20,21)(H,17,18,19)/p-1. The van der Waals surface area contributed by atoms with Gasteiger partial charge in [-0.05, 0) is 24.3 Å². The maximum Gasteiger partial charge on any atom is 0.236 e. The molecule has 8 heteroatoms. The average Bonchev–Trinajstić information content (AvgIpc) is 2.95. The van der Waals surface area contributed by atoms with E-state index >= 15 is 0 Å². The lowest BCUT2D eigenvalue weighted by atomic mass is 10.3. The molecule has 0 spiro atoms. The Kier molecular flexibility index (Phi) is 4.54. The lowest BCUT2D eigenvalue weighted by Crippen LogP contribution is -2.23. The van der Waals surface area contributed by atoms with Crippen LogP contribution < -0.4 is 10.4 Å². The maximum atomic E-state index is 12.0. The van der Waals surface area contributed by atoms with Crippen LogP contribution in [-0.2, 0) is 4.79 Å². The van der Waals surface area contributed by atoms with Crippen molar-refractivity contribution >= 4 is 50.3 Å². The number of thiazole rings is 1. The second kappa shape index (κ2) is 6.76. The molecule has 0 radical (unpaired) electrons. The highest BCUT2D eigenvalue weighted by Gasteiger charge is 2.11. The van der Waals surface area contributed by atoms with Gasteiger partial charge in [-0.2, -0.15) is 0 Å². The first-order valence-electron chi connectivity index (χ1n) is 6.58. The highest BCUT2D eigenvalue weighted by Crippen LogP contribution is 2.26. The van der Waals surface area contributed by atoms with E-state index < -0.39 is 5.97 Å². The molecular weight excluding hydrogens is 334 g/mol. The zero-order valence-electron chi connectivity index (χ0n) is 11.7. The molecule has 2 heterocycles. The Labute approximate surface area is 139 Å². The van der Waals surface area contributed by atoms with Crippen molar-refractivity contribution in [2.75, 3.05) is 11.1 Å². The fourth-order valence-corrected chi connectivity index (χ4v) is 3.54. The van der Waals surface area contributed by atoms with Crippen molar-refractivity contribution in [3.63, 3.8) is 0 Å². The summed E-state index contributed by atoms with van der Waals surface area (Å²) in [5, 5.41) is 14.5. The number of anilines is 1. The number of carboxylic acid groups (broad SMARTS) is 1. The number of para-hydroxylation sites is 1. The van der Waals surface area contributed by atoms with E-state index in [9.17, 15) is 14.7 Å². The first-order valence-corrected chi connectivity index (χ1v) is 8.38. The average molecular weight is 344 g/mol. The Bertz CT molecular complexity index is 846. The fraction of sp³-hybridized carbons (Fsp3) is 0.0667. The number of carbonyl (C=O) groups is 2. The molecule has 0 unspecified atom stereocenters. The molecule has 2 aromatic heterocycles. The third-order valence-electron chi connectivity index (χ3n) is 2.87. The number of benzene rings is 1. The number of thioether (sulfide) groups is 1. The Morgan fingerprint density at radius 1 is 1.22 bits per heavy atom. The van der Waals surface area contributed by atoms with E-state index in [2.05, 4.69) is 15.3 Å². The van der Waals surface area contributed by atoms with Crippen molar-refractivity contribution in [1.29, 1.82) is 0 Å². The number of hydrogen-bond donors (Lipinski definition) is 1. The summed E-state index contributed by atoms with van der Waals surface area (Å²) in [6.07, 6.45) is 1.47. The number of hydrogen-bond acceptors (Lipinski definition) is 7. The molecule has 0 fully saturated rings. The third kappa shape index (κ3) is 3.66. The number of nitrogens with zero attached hydrogens (tertiary/aromatic N) is 2. The quantitative estimate of drug-likeness (QED) is 0.709. The number of fused-ring (bicyclic) bond motifs is 1. The Hall–Kier alpha value is -2.45. The van der Waals surface area contributed by atoms with Crippen LogP contribution in [0.1, 0.15) is 10.4 Å². The lowest BCUT2D eigenvalue weighted by Gasteiger charge is -2.08. The molecule has 23 heavy (non-hydrogen) atoms. The number of carbonyl (C=O) groups excluding carboxylic acids is 2. The Morgan fingerprint density at radius 3 is 2.83 bits per heavy atom. The van der Waals surface area contributed by atoms with E-state index in [-0.39, 0.29) is 22.2 Å². The van der Waals surface area contributed by atoms with Gasteiger partial charge < -0.3 is 15.2 Å². The van der Waals surface area contributed by atoms with Crippen LogP contribution in [0.25, 0.3) is 10.2 Å². The van der Waals surface area contributed by atoms with Crippen molar-refractivity contribution in [3.8, 4) is 0 Å². The van der Waals surface area contributed by atoms with Gasteiger partial charge in [-0.1, -0.05) is 35.2 Å². The molecule has 0 saturated carbocycles. The van der Waals surface area contributed by atoms with Crippen molar-refractivity contribution < 1.29 is 14.7 Å². The van der Waals surface area contributed by atoms with Crippen LogP contribution in [0.4, 0.5) is 5.13 Å². The largest absolute Gasteiger partial charge is 0.545 e. The minimum absolute atomic E-state index is 0.0229.